The number of nitrogens with zero attached hydrogens (tertiary/aromatic N) is 1. The molecule has 0 bridgehead atoms. The predicted molar refractivity (Wildman–Crippen MR) is 87.5 cm³/mol. The minimum absolute atomic E-state index is 0.178. The molecule has 3 atom stereocenters. The van der Waals surface area contributed by atoms with E-state index < -0.39 is 5.60 Å². The second-order valence-corrected chi connectivity index (χ2v) is 7.47. The highest BCUT2D eigenvalue weighted by molar-refractivity contribution is 5.68. The van der Waals surface area contributed by atoms with Crippen LogP contribution in [0, 0.1) is 5.92 Å². The van der Waals surface area contributed by atoms with Crippen molar-refractivity contribution < 1.29 is 9.53 Å². The Kier molecular flexibility index (Phi) is 6.98. The van der Waals surface area contributed by atoms with Gasteiger partial charge in [-0.05, 0) is 59.4 Å². The second kappa shape index (κ2) is 8.02. The molecule has 0 radical (unpaired) electrons. The Morgan fingerprint density at radius 2 is 2.10 bits per heavy atom. The lowest BCUT2D eigenvalue weighted by Crippen LogP contribution is -2.55. The third-order valence-electron chi connectivity index (χ3n) is 4.13. The predicted octanol–water partition coefficient (Wildman–Crippen LogP) is 3.80. The molecule has 4 nitrogen and oxygen atoms in total. The number of nitrogens with one attached hydrogen (secondary N) is 1. The summed E-state index contributed by atoms with van der Waals surface area (Å²) in [5.74, 6) is 0.694. The van der Waals surface area contributed by atoms with Crippen LogP contribution < -0.4 is 5.32 Å². The van der Waals surface area contributed by atoms with E-state index in [1.807, 2.05) is 25.7 Å². The summed E-state index contributed by atoms with van der Waals surface area (Å²) in [6.45, 7) is 14.2. The normalized spacial score (nSPS) is 24.8. The average Bonchev–Trinajstić information content (AvgIpc) is 2.35. The van der Waals surface area contributed by atoms with Crippen molar-refractivity contribution in [1.29, 1.82) is 0 Å². The summed E-state index contributed by atoms with van der Waals surface area (Å²) in [7, 11) is 0. The van der Waals surface area contributed by atoms with Crippen LogP contribution in [0.15, 0.2) is 0 Å². The van der Waals surface area contributed by atoms with Gasteiger partial charge in [-0.1, -0.05) is 20.3 Å². The van der Waals surface area contributed by atoms with E-state index in [-0.39, 0.29) is 12.1 Å². The van der Waals surface area contributed by atoms with Crippen molar-refractivity contribution >= 4 is 6.09 Å². The first-order valence-electron chi connectivity index (χ1n) is 8.47. The van der Waals surface area contributed by atoms with Crippen molar-refractivity contribution in [1.82, 2.24) is 10.2 Å². The van der Waals surface area contributed by atoms with Crippen LogP contribution in [0.3, 0.4) is 0 Å². The maximum absolute atomic E-state index is 12.3. The van der Waals surface area contributed by atoms with Gasteiger partial charge in [-0.2, -0.15) is 0 Å². The molecule has 3 unspecified atom stereocenters. The molecule has 0 spiro atoms. The molecule has 1 amide bonds. The summed E-state index contributed by atoms with van der Waals surface area (Å²) in [6.07, 6.45) is 4.49. The van der Waals surface area contributed by atoms with Gasteiger partial charge in [0.25, 0.3) is 0 Å². The molecule has 0 aromatic carbocycles. The smallest absolute Gasteiger partial charge is 0.410 e. The Labute approximate surface area is 130 Å². The zero-order valence-electron chi connectivity index (χ0n) is 14.7. The van der Waals surface area contributed by atoms with Crippen LogP contribution in [0.2, 0.25) is 0 Å². The van der Waals surface area contributed by atoms with Gasteiger partial charge in [-0.3, -0.25) is 0 Å². The number of likely N-dealkylation sites (tertiary alicyclic amines) is 1. The van der Waals surface area contributed by atoms with Crippen molar-refractivity contribution in [3.05, 3.63) is 0 Å². The third kappa shape index (κ3) is 6.25. The van der Waals surface area contributed by atoms with Crippen LogP contribution in [-0.2, 0) is 4.74 Å². The largest absolute Gasteiger partial charge is 0.444 e. The highest BCUT2D eigenvalue weighted by Gasteiger charge is 2.33. The Bertz CT molecular complexity index is 325. The van der Waals surface area contributed by atoms with Crippen LogP contribution in [0.25, 0.3) is 0 Å². The average molecular weight is 298 g/mol. The summed E-state index contributed by atoms with van der Waals surface area (Å²) in [6, 6.07) is 0.577. The number of carbonyl (C=O) groups excluding carboxylic acids is 1. The maximum Gasteiger partial charge on any atom is 0.410 e. The highest BCUT2D eigenvalue weighted by atomic mass is 16.6. The summed E-state index contributed by atoms with van der Waals surface area (Å²) >= 11 is 0. The van der Waals surface area contributed by atoms with Crippen molar-refractivity contribution in [2.24, 2.45) is 5.92 Å². The first-order chi connectivity index (χ1) is 9.74. The second-order valence-electron chi connectivity index (χ2n) is 7.47. The number of rotatable bonds is 5. The molecule has 1 N–H and O–H groups in total. The molecule has 1 aliphatic rings. The van der Waals surface area contributed by atoms with Crippen LogP contribution in [0.1, 0.15) is 67.2 Å². The van der Waals surface area contributed by atoms with Gasteiger partial charge < -0.3 is 15.0 Å². The van der Waals surface area contributed by atoms with Crippen LogP contribution >= 0.6 is 0 Å². The van der Waals surface area contributed by atoms with E-state index in [1.54, 1.807) is 0 Å². The van der Waals surface area contributed by atoms with E-state index >= 15 is 0 Å². The van der Waals surface area contributed by atoms with Crippen molar-refractivity contribution in [2.45, 2.75) is 84.9 Å². The SMILES string of the molecule is CCCC(C)CNC1CCCN(C(=O)OC(C)(C)C)C1C. The lowest BCUT2D eigenvalue weighted by atomic mass is 9.96. The minimum Gasteiger partial charge on any atom is -0.444 e. The Balaban J connectivity index is 2.52. The van der Waals surface area contributed by atoms with E-state index in [0.717, 1.165) is 25.9 Å². The van der Waals surface area contributed by atoms with Gasteiger partial charge in [-0.25, -0.2) is 4.79 Å². The molecular weight excluding hydrogens is 264 g/mol. The molecule has 0 saturated carbocycles. The lowest BCUT2D eigenvalue weighted by molar-refractivity contribution is 0.00690. The summed E-state index contributed by atoms with van der Waals surface area (Å²) in [4.78, 5) is 14.2. The first kappa shape index (κ1) is 18.3. The molecule has 1 saturated heterocycles. The zero-order chi connectivity index (χ0) is 16.0. The Morgan fingerprint density at radius 3 is 2.67 bits per heavy atom. The number of hydrogen-bond donors (Lipinski definition) is 1. The molecule has 124 valence electrons. The molecule has 1 fully saturated rings. The molecule has 0 aliphatic carbocycles. The van der Waals surface area contributed by atoms with Gasteiger partial charge in [-0.15, -0.1) is 0 Å². The fourth-order valence-electron chi connectivity index (χ4n) is 2.94. The van der Waals surface area contributed by atoms with Gasteiger partial charge >= 0.3 is 6.09 Å². The van der Waals surface area contributed by atoms with Gasteiger partial charge in [0, 0.05) is 18.6 Å². The lowest BCUT2D eigenvalue weighted by Gasteiger charge is -2.40. The van der Waals surface area contributed by atoms with E-state index in [9.17, 15) is 4.79 Å². The number of piperidine rings is 1. The fourth-order valence-corrected chi connectivity index (χ4v) is 2.94. The summed E-state index contributed by atoms with van der Waals surface area (Å²) in [5, 5.41) is 3.65. The third-order valence-corrected chi connectivity index (χ3v) is 4.13. The Hall–Kier alpha value is -0.770. The van der Waals surface area contributed by atoms with Crippen molar-refractivity contribution in [3.8, 4) is 0 Å². The number of amides is 1. The van der Waals surface area contributed by atoms with Gasteiger partial charge in [0.05, 0.1) is 0 Å². The summed E-state index contributed by atoms with van der Waals surface area (Å²) < 4.78 is 5.52. The van der Waals surface area contributed by atoms with Gasteiger partial charge in [0.15, 0.2) is 0 Å². The molecule has 0 aromatic rings. The van der Waals surface area contributed by atoms with Crippen molar-refractivity contribution in [3.63, 3.8) is 0 Å². The van der Waals surface area contributed by atoms with Crippen LogP contribution in [-0.4, -0.2) is 41.8 Å². The van der Waals surface area contributed by atoms with Gasteiger partial charge in [0.1, 0.15) is 5.60 Å². The molecule has 1 rings (SSSR count). The van der Waals surface area contributed by atoms with Crippen molar-refractivity contribution in [2.75, 3.05) is 13.1 Å². The summed E-state index contributed by atoms with van der Waals surface area (Å²) in [5.41, 5.74) is -0.424. The van der Waals surface area contributed by atoms with E-state index in [4.69, 9.17) is 4.74 Å². The zero-order valence-corrected chi connectivity index (χ0v) is 14.7. The Morgan fingerprint density at radius 1 is 1.43 bits per heavy atom. The molecule has 21 heavy (non-hydrogen) atoms. The highest BCUT2D eigenvalue weighted by Crippen LogP contribution is 2.21. The number of carbonyl (C=O) groups is 1. The standard InChI is InChI=1S/C17H34N2O2/c1-7-9-13(2)12-18-15-10-8-11-19(14(15)3)16(20)21-17(4,5)6/h13-15,18H,7-12H2,1-6H3. The molecule has 1 aliphatic heterocycles. The quantitative estimate of drug-likeness (QED) is 0.839. The van der Waals surface area contributed by atoms with E-state index in [2.05, 4.69) is 26.1 Å². The number of ether oxygens (including phenoxy) is 1. The molecule has 4 heteroatoms. The van der Waals surface area contributed by atoms with E-state index in [1.165, 1.54) is 12.8 Å². The maximum atomic E-state index is 12.3. The topological polar surface area (TPSA) is 41.6 Å². The van der Waals surface area contributed by atoms with Gasteiger partial charge in [0.2, 0.25) is 0 Å². The monoisotopic (exact) mass is 298 g/mol. The fraction of sp³-hybridized carbons (Fsp3) is 0.941. The molecule has 0 aromatic heterocycles. The molecule has 1 heterocycles. The first-order valence-corrected chi connectivity index (χ1v) is 8.47. The molecular formula is C17H34N2O2. The van der Waals surface area contributed by atoms with Crippen LogP contribution in [0.5, 0.6) is 0 Å². The number of hydrogen-bond acceptors (Lipinski definition) is 3. The van der Waals surface area contributed by atoms with E-state index in [0.29, 0.717) is 12.0 Å². The van der Waals surface area contributed by atoms with Crippen LogP contribution in [0.4, 0.5) is 4.79 Å². The minimum atomic E-state index is -0.424.